The van der Waals surface area contributed by atoms with Crippen molar-refractivity contribution >= 4 is 11.6 Å². The molecule has 1 amide bonds. The number of amides is 1. The highest BCUT2D eigenvalue weighted by Gasteiger charge is 2.10. The van der Waals surface area contributed by atoms with Crippen LogP contribution in [0.25, 0.3) is 0 Å². The third-order valence-corrected chi connectivity index (χ3v) is 2.00. The number of nitrogens with zero attached hydrogens (tertiary/aromatic N) is 2. The van der Waals surface area contributed by atoms with E-state index in [2.05, 4.69) is 15.3 Å². The number of aryl methyl sites for hydroxylation is 2. The number of carbonyl (C=O) groups is 1. The lowest BCUT2D eigenvalue weighted by Gasteiger charge is -2.02. The van der Waals surface area contributed by atoms with Crippen molar-refractivity contribution in [2.45, 2.75) is 13.8 Å². The van der Waals surface area contributed by atoms with Crippen LogP contribution in [-0.4, -0.2) is 15.9 Å². The van der Waals surface area contributed by atoms with Gasteiger partial charge < -0.3 is 9.73 Å². The van der Waals surface area contributed by atoms with Crippen molar-refractivity contribution in [3.8, 4) is 0 Å². The SMILES string of the molecule is Cc1cc(NC(=O)c2cnc(C)o2)ccn1. The van der Waals surface area contributed by atoms with Crippen molar-refractivity contribution in [1.82, 2.24) is 9.97 Å². The van der Waals surface area contributed by atoms with Crippen molar-refractivity contribution in [2.24, 2.45) is 0 Å². The highest BCUT2D eigenvalue weighted by atomic mass is 16.4. The molecule has 0 unspecified atom stereocenters. The Kier molecular flexibility index (Phi) is 2.68. The summed E-state index contributed by atoms with van der Waals surface area (Å²) in [5, 5.41) is 2.70. The quantitative estimate of drug-likeness (QED) is 0.834. The van der Waals surface area contributed by atoms with E-state index in [1.54, 1.807) is 25.3 Å². The van der Waals surface area contributed by atoms with Gasteiger partial charge >= 0.3 is 0 Å². The molecular weight excluding hydrogens is 206 g/mol. The smallest absolute Gasteiger partial charge is 0.293 e. The average Bonchev–Trinajstić information content (AvgIpc) is 2.65. The third kappa shape index (κ3) is 2.25. The molecule has 82 valence electrons. The predicted octanol–water partition coefficient (Wildman–Crippen LogP) is 1.94. The molecule has 2 rings (SSSR count). The van der Waals surface area contributed by atoms with Gasteiger partial charge in [-0.2, -0.15) is 0 Å². The van der Waals surface area contributed by atoms with E-state index in [1.807, 2.05) is 6.92 Å². The number of anilines is 1. The third-order valence-electron chi connectivity index (χ3n) is 2.00. The van der Waals surface area contributed by atoms with Crippen LogP contribution in [0.4, 0.5) is 5.69 Å². The van der Waals surface area contributed by atoms with Crippen LogP contribution in [0, 0.1) is 13.8 Å². The fourth-order valence-electron chi connectivity index (χ4n) is 1.28. The second-order valence-electron chi connectivity index (χ2n) is 3.38. The average molecular weight is 217 g/mol. The van der Waals surface area contributed by atoms with Gasteiger partial charge in [0.1, 0.15) is 0 Å². The van der Waals surface area contributed by atoms with Crippen LogP contribution < -0.4 is 5.32 Å². The first-order valence-corrected chi connectivity index (χ1v) is 4.81. The molecule has 0 radical (unpaired) electrons. The number of hydrogen-bond acceptors (Lipinski definition) is 4. The van der Waals surface area contributed by atoms with Crippen LogP contribution in [0.3, 0.4) is 0 Å². The van der Waals surface area contributed by atoms with Gasteiger partial charge in [0, 0.05) is 24.5 Å². The molecule has 2 heterocycles. The topological polar surface area (TPSA) is 68.0 Å². The van der Waals surface area contributed by atoms with Crippen LogP contribution in [-0.2, 0) is 0 Å². The van der Waals surface area contributed by atoms with E-state index in [4.69, 9.17) is 4.42 Å². The fraction of sp³-hybridized carbons (Fsp3) is 0.182. The Hall–Kier alpha value is -2.17. The van der Waals surface area contributed by atoms with Crippen LogP contribution in [0.15, 0.2) is 28.9 Å². The molecule has 5 heteroatoms. The van der Waals surface area contributed by atoms with Gasteiger partial charge in [-0.15, -0.1) is 0 Å². The molecule has 5 nitrogen and oxygen atoms in total. The Labute approximate surface area is 92.5 Å². The van der Waals surface area contributed by atoms with E-state index in [-0.39, 0.29) is 11.7 Å². The molecular formula is C11H11N3O2. The largest absolute Gasteiger partial charge is 0.436 e. The van der Waals surface area contributed by atoms with Gasteiger partial charge in [-0.1, -0.05) is 0 Å². The summed E-state index contributed by atoms with van der Waals surface area (Å²) < 4.78 is 5.11. The van der Waals surface area contributed by atoms with Crippen molar-refractivity contribution in [2.75, 3.05) is 5.32 Å². The molecule has 2 aromatic heterocycles. The molecule has 0 saturated heterocycles. The van der Waals surface area contributed by atoms with E-state index >= 15 is 0 Å². The molecule has 0 aromatic carbocycles. The summed E-state index contributed by atoms with van der Waals surface area (Å²) >= 11 is 0. The molecule has 0 atom stereocenters. The maximum absolute atomic E-state index is 11.7. The highest BCUT2D eigenvalue weighted by Crippen LogP contribution is 2.10. The van der Waals surface area contributed by atoms with E-state index < -0.39 is 0 Å². The van der Waals surface area contributed by atoms with Crippen LogP contribution in [0.5, 0.6) is 0 Å². The molecule has 0 bridgehead atoms. The van der Waals surface area contributed by atoms with Crippen LogP contribution in [0.1, 0.15) is 22.1 Å². The minimum Gasteiger partial charge on any atom is -0.436 e. The summed E-state index contributed by atoms with van der Waals surface area (Å²) in [5.74, 6) is 0.356. The van der Waals surface area contributed by atoms with Gasteiger partial charge in [0.25, 0.3) is 5.91 Å². The van der Waals surface area contributed by atoms with E-state index in [9.17, 15) is 4.79 Å². The van der Waals surface area contributed by atoms with Crippen molar-refractivity contribution in [3.63, 3.8) is 0 Å². The molecule has 0 fully saturated rings. The van der Waals surface area contributed by atoms with Gasteiger partial charge in [-0.05, 0) is 19.1 Å². The highest BCUT2D eigenvalue weighted by molar-refractivity contribution is 6.01. The molecule has 2 aromatic rings. The van der Waals surface area contributed by atoms with Crippen molar-refractivity contribution in [1.29, 1.82) is 0 Å². The van der Waals surface area contributed by atoms with E-state index in [1.165, 1.54) is 6.20 Å². The first-order chi connectivity index (χ1) is 7.65. The minimum absolute atomic E-state index is 0.201. The number of rotatable bonds is 2. The second-order valence-corrected chi connectivity index (χ2v) is 3.38. The summed E-state index contributed by atoms with van der Waals surface area (Å²) in [6, 6.07) is 3.50. The van der Waals surface area contributed by atoms with Gasteiger partial charge in [0.05, 0.1) is 6.20 Å². The first-order valence-electron chi connectivity index (χ1n) is 4.81. The number of carbonyl (C=O) groups excluding carboxylic acids is 1. The number of hydrogen-bond donors (Lipinski definition) is 1. The van der Waals surface area contributed by atoms with Gasteiger partial charge in [-0.25, -0.2) is 4.98 Å². The summed E-state index contributed by atoms with van der Waals surface area (Å²) in [6.07, 6.45) is 3.04. The Morgan fingerprint density at radius 1 is 1.38 bits per heavy atom. The monoisotopic (exact) mass is 217 g/mol. The minimum atomic E-state index is -0.314. The zero-order valence-corrected chi connectivity index (χ0v) is 9.02. The zero-order valence-electron chi connectivity index (χ0n) is 9.02. The molecule has 0 saturated carbocycles. The van der Waals surface area contributed by atoms with Gasteiger partial charge in [0.2, 0.25) is 5.76 Å². The van der Waals surface area contributed by atoms with E-state index in [0.717, 1.165) is 5.69 Å². The summed E-state index contributed by atoms with van der Waals surface area (Å²) in [4.78, 5) is 19.6. The second kappa shape index (κ2) is 4.14. The Morgan fingerprint density at radius 2 is 2.19 bits per heavy atom. The molecule has 1 N–H and O–H groups in total. The number of oxazole rings is 1. The van der Waals surface area contributed by atoms with E-state index in [0.29, 0.717) is 11.6 Å². The summed E-state index contributed by atoms with van der Waals surface area (Å²) in [5.41, 5.74) is 1.53. The number of nitrogens with one attached hydrogen (secondary N) is 1. The van der Waals surface area contributed by atoms with Gasteiger partial charge in [-0.3, -0.25) is 9.78 Å². The van der Waals surface area contributed by atoms with Crippen LogP contribution in [0.2, 0.25) is 0 Å². The molecule has 16 heavy (non-hydrogen) atoms. The Bertz CT molecular complexity index is 519. The Balaban J connectivity index is 2.13. The maximum atomic E-state index is 11.7. The molecule has 0 aliphatic rings. The predicted molar refractivity (Wildman–Crippen MR) is 58.2 cm³/mol. The maximum Gasteiger partial charge on any atom is 0.293 e. The number of pyridine rings is 1. The summed E-state index contributed by atoms with van der Waals surface area (Å²) in [7, 11) is 0. The zero-order chi connectivity index (χ0) is 11.5. The molecule has 0 aliphatic carbocycles. The van der Waals surface area contributed by atoms with Crippen LogP contribution >= 0.6 is 0 Å². The summed E-state index contributed by atoms with van der Waals surface area (Å²) in [6.45, 7) is 3.54. The fourth-order valence-corrected chi connectivity index (χ4v) is 1.28. The van der Waals surface area contributed by atoms with Crippen molar-refractivity contribution < 1.29 is 9.21 Å². The molecule has 0 aliphatic heterocycles. The first kappa shape index (κ1) is 10.4. The van der Waals surface area contributed by atoms with Gasteiger partial charge in [0.15, 0.2) is 5.89 Å². The number of aromatic nitrogens is 2. The molecule has 0 spiro atoms. The lowest BCUT2D eigenvalue weighted by molar-refractivity contribution is 0.0995. The van der Waals surface area contributed by atoms with Crippen molar-refractivity contribution in [3.05, 3.63) is 41.9 Å². The lowest BCUT2D eigenvalue weighted by Crippen LogP contribution is -2.11. The normalized spacial score (nSPS) is 10.1. The lowest BCUT2D eigenvalue weighted by atomic mass is 10.3. The Morgan fingerprint density at radius 3 is 2.81 bits per heavy atom. The standard InChI is InChI=1S/C11H11N3O2/c1-7-5-9(3-4-12-7)14-11(15)10-6-13-8(2)16-10/h3-6H,1-2H3,(H,12,14,15).